The molecule has 206 valence electrons. The van der Waals surface area contributed by atoms with Crippen LogP contribution in [0, 0.1) is 13.8 Å². The zero-order valence-electron chi connectivity index (χ0n) is 23.4. The lowest BCUT2D eigenvalue weighted by Crippen LogP contribution is -2.52. The average Bonchev–Trinajstić information content (AvgIpc) is 2.96. The van der Waals surface area contributed by atoms with Crippen molar-refractivity contribution in [3.05, 3.63) is 101 Å². The van der Waals surface area contributed by atoms with Gasteiger partial charge in [-0.25, -0.2) is 0 Å². The van der Waals surface area contributed by atoms with Crippen molar-refractivity contribution < 1.29 is 14.3 Å². The summed E-state index contributed by atoms with van der Waals surface area (Å²) in [5.41, 5.74) is 4.40. The van der Waals surface area contributed by atoms with E-state index in [1.807, 2.05) is 73.7 Å². The molecule has 1 unspecified atom stereocenters. The summed E-state index contributed by atoms with van der Waals surface area (Å²) in [4.78, 5) is 29.5. The molecule has 1 atom stereocenters. The quantitative estimate of drug-likeness (QED) is 0.272. The second-order valence-corrected chi connectivity index (χ2v) is 10.8. The summed E-state index contributed by atoms with van der Waals surface area (Å²) in [7, 11) is 0. The number of rotatable bonds is 12. The molecule has 0 aliphatic heterocycles. The molecule has 0 heterocycles. The Balaban J connectivity index is 1.52. The van der Waals surface area contributed by atoms with Crippen LogP contribution in [0.2, 0.25) is 0 Å². The SMILES string of the molecule is Cc1ccc(OCCCC(=O)N(Cc2ccccc2C)C(Cc2ccccc2)C(=O)NC2CCCCC2)cc1. The van der Waals surface area contributed by atoms with E-state index in [2.05, 4.69) is 24.4 Å². The smallest absolute Gasteiger partial charge is 0.243 e. The largest absolute Gasteiger partial charge is 0.494 e. The third kappa shape index (κ3) is 8.71. The Morgan fingerprint density at radius 3 is 2.31 bits per heavy atom. The van der Waals surface area contributed by atoms with Crippen molar-refractivity contribution in [1.82, 2.24) is 10.2 Å². The maximum absolute atomic E-state index is 13.8. The first kappa shape index (κ1) is 28.4. The van der Waals surface area contributed by atoms with Crippen LogP contribution in [0.5, 0.6) is 5.75 Å². The van der Waals surface area contributed by atoms with E-state index >= 15 is 0 Å². The monoisotopic (exact) mass is 526 g/mol. The third-order valence-electron chi connectivity index (χ3n) is 7.65. The molecular weight excluding hydrogens is 484 g/mol. The zero-order valence-corrected chi connectivity index (χ0v) is 23.4. The maximum atomic E-state index is 13.8. The van der Waals surface area contributed by atoms with Gasteiger partial charge in [0, 0.05) is 25.4 Å². The minimum Gasteiger partial charge on any atom is -0.494 e. The third-order valence-corrected chi connectivity index (χ3v) is 7.65. The van der Waals surface area contributed by atoms with E-state index in [9.17, 15) is 9.59 Å². The lowest BCUT2D eigenvalue weighted by molar-refractivity contribution is -0.141. The molecule has 1 N–H and O–H groups in total. The predicted molar refractivity (Wildman–Crippen MR) is 157 cm³/mol. The fraction of sp³-hybridized carbons (Fsp3) is 0.412. The van der Waals surface area contributed by atoms with Gasteiger partial charge < -0.3 is 15.0 Å². The number of benzene rings is 3. The highest BCUT2D eigenvalue weighted by Crippen LogP contribution is 2.21. The van der Waals surface area contributed by atoms with E-state index in [1.54, 1.807) is 4.90 Å². The van der Waals surface area contributed by atoms with Crippen LogP contribution in [-0.2, 0) is 22.6 Å². The van der Waals surface area contributed by atoms with Crippen LogP contribution in [0.15, 0.2) is 78.9 Å². The van der Waals surface area contributed by atoms with Gasteiger partial charge in [-0.15, -0.1) is 0 Å². The molecule has 39 heavy (non-hydrogen) atoms. The lowest BCUT2D eigenvalue weighted by atomic mass is 9.94. The molecule has 5 nitrogen and oxygen atoms in total. The number of nitrogens with one attached hydrogen (secondary N) is 1. The van der Waals surface area contributed by atoms with E-state index in [1.165, 1.54) is 12.0 Å². The van der Waals surface area contributed by atoms with Gasteiger partial charge in [0.15, 0.2) is 0 Å². The van der Waals surface area contributed by atoms with Crippen LogP contribution in [0.4, 0.5) is 0 Å². The first-order valence-corrected chi connectivity index (χ1v) is 14.4. The molecule has 5 heteroatoms. The number of aryl methyl sites for hydroxylation is 2. The molecule has 0 spiro atoms. The Morgan fingerprint density at radius 1 is 0.897 bits per heavy atom. The molecule has 1 fully saturated rings. The normalized spacial score (nSPS) is 14.4. The number of hydrogen-bond donors (Lipinski definition) is 1. The van der Waals surface area contributed by atoms with Gasteiger partial charge in [-0.3, -0.25) is 9.59 Å². The molecule has 2 amide bonds. The van der Waals surface area contributed by atoms with Crippen molar-refractivity contribution in [2.24, 2.45) is 0 Å². The summed E-state index contributed by atoms with van der Waals surface area (Å²) >= 11 is 0. The van der Waals surface area contributed by atoms with Gasteiger partial charge in [0.05, 0.1) is 6.61 Å². The van der Waals surface area contributed by atoms with Crippen molar-refractivity contribution in [3.63, 3.8) is 0 Å². The van der Waals surface area contributed by atoms with Gasteiger partial charge in [-0.2, -0.15) is 0 Å². The molecule has 0 bridgehead atoms. The highest BCUT2D eigenvalue weighted by atomic mass is 16.5. The van der Waals surface area contributed by atoms with Crippen LogP contribution >= 0.6 is 0 Å². The Morgan fingerprint density at radius 2 is 1.59 bits per heavy atom. The molecule has 3 aromatic rings. The molecule has 3 aromatic carbocycles. The Labute approximate surface area is 233 Å². The zero-order chi connectivity index (χ0) is 27.5. The van der Waals surface area contributed by atoms with Crippen molar-refractivity contribution in [3.8, 4) is 5.75 Å². The Kier molecular flexibility index (Phi) is 10.6. The second-order valence-electron chi connectivity index (χ2n) is 10.8. The summed E-state index contributed by atoms with van der Waals surface area (Å²) in [5.74, 6) is 0.729. The number of nitrogens with zero attached hydrogens (tertiary/aromatic N) is 1. The van der Waals surface area contributed by atoms with Gasteiger partial charge in [0.25, 0.3) is 0 Å². The Bertz CT molecular complexity index is 1190. The number of ether oxygens (including phenoxy) is 1. The minimum atomic E-state index is -0.584. The molecule has 1 aliphatic carbocycles. The molecule has 0 saturated heterocycles. The van der Waals surface area contributed by atoms with Crippen LogP contribution in [-0.4, -0.2) is 35.4 Å². The van der Waals surface area contributed by atoms with Crippen LogP contribution in [0.3, 0.4) is 0 Å². The van der Waals surface area contributed by atoms with Gasteiger partial charge in [-0.05, 0) is 61.9 Å². The number of carbonyl (C=O) groups excluding carboxylic acids is 2. The molecule has 0 radical (unpaired) electrons. The summed E-state index contributed by atoms with van der Waals surface area (Å²) in [6.45, 7) is 4.95. The maximum Gasteiger partial charge on any atom is 0.243 e. The number of carbonyl (C=O) groups is 2. The Hall–Kier alpha value is -3.60. The molecule has 1 saturated carbocycles. The first-order chi connectivity index (χ1) is 19.0. The van der Waals surface area contributed by atoms with E-state index < -0.39 is 6.04 Å². The molecule has 1 aliphatic rings. The molecular formula is C34H42N2O3. The first-order valence-electron chi connectivity index (χ1n) is 14.4. The van der Waals surface area contributed by atoms with Crippen LogP contribution in [0.25, 0.3) is 0 Å². The fourth-order valence-electron chi connectivity index (χ4n) is 5.26. The van der Waals surface area contributed by atoms with E-state index in [4.69, 9.17) is 4.74 Å². The fourth-order valence-corrected chi connectivity index (χ4v) is 5.26. The van der Waals surface area contributed by atoms with E-state index in [0.29, 0.717) is 32.4 Å². The second kappa shape index (κ2) is 14.5. The molecule has 0 aromatic heterocycles. The minimum absolute atomic E-state index is 0.0227. The average molecular weight is 527 g/mol. The highest BCUT2D eigenvalue weighted by Gasteiger charge is 2.31. The summed E-state index contributed by atoms with van der Waals surface area (Å²) in [6.07, 6.45) is 6.90. The lowest BCUT2D eigenvalue weighted by Gasteiger charge is -2.34. The van der Waals surface area contributed by atoms with Gasteiger partial charge in [-0.1, -0.05) is 91.6 Å². The van der Waals surface area contributed by atoms with Crippen molar-refractivity contribution >= 4 is 11.8 Å². The van der Waals surface area contributed by atoms with Gasteiger partial charge >= 0.3 is 0 Å². The van der Waals surface area contributed by atoms with Crippen LogP contribution in [0.1, 0.15) is 67.2 Å². The topological polar surface area (TPSA) is 58.6 Å². The highest BCUT2D eigenvalue weighted by molar-refractivity contribution is 5.88. The van der Waals surface area contributed by atoms with Crippen molar-refractivity contribution in [2.75, 3.05) is 6.61 Å². The summed E-state index contributed by atoms with van der Waals surface area (Å²) in [5, 5.41) is 3.31. The van der Waals surface area contributed by atoms with Gasteiger partial charge in [0.1, 0.15) is 11.8 Å². The summed E-state index contributed by atoms with van der Waals surface area (Å²) in [6, 6.07) is 25.7. The standard InChI is InChI=1S/C34H42N2O3/c1-26-19-21-31(22-20-26)39-23-11-18-33(37)36(25-29-15-10-9-12-27(29)2)32(24-28-13-5-3-6-14-28)34(38)35-30-16-7-4-8-17-30/h3,5-6,9-10,12-15,19-22,30,32H,4,7-8,11,16-18,23-25H2,1-2H3,(H,35,38). The van der Waals surface area contributed by atoms with E-state index in [0.717, 1.165) is 48.1 Å². The predicted octanol–water partition coefficient (Wildman–Crippen LogP) is 6.55. The number of amides is 2. The van der Waals surface area contributed by atoms with Crippen molar-refractivity contribution in [2.45, 2.75) is 83.8 Å². The van der Waals surface area contributed by atoms with Crippen LogP contribution < -0.4 is 10.1 Å². The molecule has 4 rings (SSSR count). The summed E-state index contributed by atoms with van der Waals surface area (Å²) < 4.78 is 5.88. The van der Waals surface area contributed by atoms with Crippen molar-refractivity contribution in [1.29, 1.82) is 0 Å². The number of hydrogen-bond acceptors (Lipinski definition) is 3. The van der Waals surface area contributed by atoms with E-state index in [-0.39, 0.29) is 17.9 Å². The van der Waals surface area contributed by atoms with Gasteiger partial charge in [0.2, 0.25) is 11.8 Å².